The highest BCUT2D eigenvalue weighted by Crippen LogP contribution is 2.15. The van der Waals surface area contributed by atoms with Crippen LogP contribution < -0.4 is 10.5 Å². The van der Waals surface area contributed by atoms with Crippen molar-refractivity contribution in [2.24, 2.45) is 5.14 Å². The first kappa shape index (κ1) is 16.6. The van der Waals surface area contributed by atoms with Crippen LogP contribution in [0, 0.1) is 10.1 Å². The van der Waals surface area contributed by atoms with Crippen LogP contribution in [0.25, 0.3) is 0 Å². The van der Waals surface area contributed by atoms with Crippen molar-refractivity contribution in [2.75, 3.05) is 5.32 Å². The summed E-state index contributed by atoms with van der Waals surface area (Å²) in [7, 11) is -3.78. The van der Waals surface area contributed by atoms with Crippen LogP contribution in [0.2, 0.25) is 0 Å². The molecular weight excluding hydrogens is 322 g/mol. The Kier molecular flexibility index (Phi) is 4.72. The molecule has 2 aromatic carbocycles. The van der Waals surface area contributed by atoms with Crippen LogP contribution in [0.4, 0.5) is 11.4 Å². The highest BCUT2D eigenvalue weighted by Gasteiger charge is 2.09. The molecule has 0 unspecified atom stereocenters. The second-order valence-corrected chi connectivity index (χ2v) is 6.28. The Labute approximate surface area is 132 Å². The maximum Gasteiger partial charge on any atom is 0.269 e. The molecule has 0 aliphatic rings. The maximum absolute atomic E-state index is 11.9. The van der Waals surface area contributed by atoms with Gasteiger partial charge in [0.05, 0.1) is 16.2 Å². The molecule has 0 saturated carbocycles. The molecule has 0 radical (unpaired) electrons. The van der Waals surface area contributed by atoms with Crippen LogP contribution in [0.5, 0.6) is 0 Å². The second-order valence-electron chi connectivity index (χ2n) is 4.72. The maximum atomic E-state index is 11.9. The van der Waals surface area contributed by atoms with E-state index in [1.54, 1.807) is 0 Å². The molecule has 0 aliphatic carbocycles. The van der Waals surface area contributed by atoms with Gasteiger partial charge in [-0.25, -0.2) is 13.6 Å². The molecule has 0 heterocycles. The van der Waals surface area contributed by atoms with Crippen molar-refractivity contribution < 1.29 is 18.1 Å². The number of amides is 1. The van der Waals surface area contributed by atoms with Crippen molar-refractivity contribution in [3.05, 3.63) is 64.2 Å². The summed E-state index contributed by atoms with van der Waals surface area (Å²) in [6.07, 6.45) is 0.0366. The molecule has 9 heteroatoms. The highest BCUT2D eigenvalue weighted by molar-refractivity contribution is 7.89. The van der Waals surface area contributed by atoms with E-state index in [1.807, 2.05) is 0 Å². The Bertz CT molecular complexity index is 830. The van der Waals surface area contributed by atoms with E-state index in [2.05, 4.69) is 5.32 Å². The molecule has 8 nitrogen and oxygen atoms in total. The van der Waals surface area contributed by atoms with Crippen molar-refractivity contribution >= 4 is 27.3 Å². The third-order valence-electron chi connectivity index (χ3n) is 2.98. The molecule has 0 atom stereocenters. The first-order valence-electron chi connectivity index (χ1n) is 6.42. The standard InChI is InChI=1S/C14H13N3O5S/c15-23(21,22)13-7-3-11(4-8-13)16-14(18)9-10-1-5-12(6-2-10)17(19)20/h1-8H,9H2,(H,16,18)(H2,15,21,22). The predicted molar refractivity (Wildman–Crippen MR) is 83.2 cm³/mol. The van der Waals surface area contributed by atoms with E-state index >= 15 is 0 Å². The summed E-state index contributed by atoms with van der Waals surface area (Å²) >= 11 is 0. The fourth-order valence-corrected chi connectivity index (χ4v) is 2.37. The number of rotatable bonds is 5. The number of nitro groups is 1. The van der Waals surface area contributed by atoms with E-state index in [0.717, 1.165) is 0 Å². The molecule has 1 amide bonds. The SMILES string of the molecule is NS(=O)(=O)c1ccc(NC(=O)Cc2ccc([N+](=O)[O-])cc2)cc1. The number of sulfonamides is 1. The number of carbonyl (C=O) groups excluding carboxylic acids is 1. The van der Waals surface area contributed by atoms with Crippen molar-refractivity contribution in [1.29, 1.82) is 0 Å². The average Bonchev–Trinajstić information content (AvgIpc) is 2.47. The van der Waals surface area contributed by atoms with E-state index in [1.165, 1.54) is 48.5 Å². The van der Waals surface area contributed by atoms with Crippen LogP contribution in [-0.2, 0) is 21.2 Å². The highest BCUT2D eigenvalue weighted by atomic mass is 32.2. The lowest BCUT2D eigenvalue weighted by molar-refractivity contribution is -0.384. The van der Waals surface area contributed by atoms with Crippen molar-refractivity contribution in [1.82, 2.24) is 0 Å². The average molecular weight is 335 g/mol. The molecule has 0 bridgehead atoms. The summed E-state index contributed by atoms with van der Waals surface area (Å²) in [5, 5.41) is 18.1. The van der Waals surface area contributed by atoms with Gasteiger partial charge in [0, 0.05) is 17.8 Å². The Morgan fingerprint density at radius 1 is 1.09 bits per heavy atom. The molecule has 0 saturated heterocycles. The van der Waals surface area contributed by atoms with Gasteiger partial charge in [0.25, 0.3) is 5.69 Å². The van der Waals surface area contributed by atoms with Gasteiger partial charge >= 0.3 is 0 Å². The minimum atomic E-state index is -3.78. The second kappa shape index (κ2) is 6.55. The van der Waals surface area contributed by atoms with Crippen LogP contribution in [-0.4, -0.2) is 19.2 Å². The summed E-state index contributed by atoms with van der Waals surface area (Å²) in [6, 6.07) is 11.1. The van der Waals surface area contributed by atoms with Gasteiger partial charge in [-0.05, 0) is 29.8 Å². The third kappa shape index (κ3) is 4.59. The summed E-state index contributed by atoms with van der Waals surface area (Å²) in [6.45, 7) is 0. The van der Waals surface area contributed by atoms with Gasteiger partial charge in [0.15, 0.2) is 0 Å². The minimum Gasteiger partial charge on any atom is -0.326 e. The smallest absolute Gasteiger partial charge is 0.269 e. The number of benzene rings is 2. The van der Waals surface area contributed by atoms with Gasteiger partial charge < -0.3 is 5.32 Å². The van der Waals surface area contributed by atoms with Gasteiger partial charge in [0.2, 0.25) is 15.9 Å². The molecule has 0 aliphatic heterocycles. The molecular formula is C14H13N3O5S. The first-order valence-corrected chi connectivity index (χ1v) is 7.96. The zero-order chi connectivity index (χ0) is 17.0. The molecule has 2 aromatic rings. The molecule has 0 fully saturated rings. The molecule has 2 rings (SSSR count). The number of anilines is 1. The van der Waals surface area contributed by atoms with E-state index in [-0.39, 0.29) is 22.9 Å². The number of nitro benzene ring substituents is 1. The lowest BCUT2D eigenvalue weighted by atomic mass is 10.1. The van der Waals surface area contributed by atoms with Crippen LogP contribution in [0.1, 0.15) is 5.56 Å². The van der Waals surface area contributed by atoms with Gasteiger partial charge in [-0.1, -0.05) is 12.1 Å². The lowest BCUT2D eigenvalue weighted by Crippen LogP contribution is -2.15. The lowest BCUT2D eigenvalue weighted by Gasteiger charge is -2.06. The minimum absolute atomic E-state index is 0.0366. The van der Waals surface area contributed by atoms with E-state index in [4.69, 9.17) is 5.14 Å². The first-order chi connectivity index (χ1) is 10.8. The molecule has 3 N–H and O–H groups in total. The summed E-state index contributed by atoms with van der Waals surface area (Å²) in [4.78, 5) is 21.9. The fraction of sp³-hybridized carbons (Fsp3) is 0.0714. The third-order valence-corrected chi connectivity index (χ3v) is 3.91. The summed E-state index contributed by atoms with van der Waals surface area (Å²) in [5.74, 6) is -0.331. The number of hydrogen-bond acceptors (Lipinski definition) is 5. The zero-order valence-electron chi connectivity index (χ0n) is 11.8. The number of carbonyl (C=O) groups is 1. The van der Waals surface area contributed by atoms with E-state index in [0.29, 0.717) is 11.3 Å². The number of nitrogens with one attached hydrogen (secondary N) is 1. The van der Waals surface area contributed by atoms with Crippen molar-refractivity contribution in [3.63, 3.8) is 0 Å². The van der Waals surface area contributed by atoms with Crippen molar-refractivity contribution in [3.8, 4) is 0 Å². The molecule has 120 valence electrons. The normalized spacial score (nSPS) is 11.0. The van der Waals surface area contributed by atoms with Crippen LogP contribution in [0.3, 0.4) is 0 Å². The molecule has 0 aromatic heterocycles. The number of nitrogens with zero attached hydrogens (tertiary/aromatic N) is 1. The van der Waals surface area contributed by atoms with Crippen LogP contribution >= 0.6 is 0 Å². The molecule has 0 spiro atoms. The van der Waals surface area contributed by atoms with E-state index in [9.17, 15) is 23.3 Å². The summed E-state index contributed by atoms with van der Waals surface area (Å²) < 4.78 is 22.3. The Balaban J connectivity index is 2.00. The van der Waals surface area contributed by atoms with Gasteiger partial charge in [-0.15, -0.1) is 0 Å². The van der Waals surface area contributed by atoms with Gasteiger partial charge in [-0.3, -0.25) is 14.9 Å². The van der Waals surface area contributed by atoms with Gasteiger partial charge in [-0.2, -0.15) is 0 Å². The Hall–Kier alpha value is -2.78. The number of non-ortho nitro benzene ring substituents is 1. The summed E-state index contributed by atoms with van der Waals surface area (Å²) in [5.41, 5.74) is 0.992. The molecule has 23 heavy (non-hydrogen) atoms. The number of hydrogen-bond donors (Lipinski definition) is 2. The quantitative estimate of drug-likeness (QED) is 0.630. The van der Waals surface area contributed by atoms with Crippen LogP contribution in [0.15, 0.2) is 53.4 Å². The van der Waals surface area contributed by atoms with Crippen molar-refractivity contribution in [2.45, 2.75) is 11.3 Å². The monoisotopic (exact) mass is 335 g/mol. The zero-order valence-corrected chi connectivity index (χ0v) is 12.6. The Morgan fingerprint density at radius 2 is 1.65 bits per heavy atom. The predicted octanol–water partition coefficient (Wildman–Crippen LogP) is 1.42. The largest absolute Gasteiger partial charge is 0.326 e. The van der Waals surface area contributed by atoms with E-state index < -0.39 is 14.9 Å². The number of nitrogens with two attached hydrogens (primary N) is 1. The fourth-order valence-electron chi connectivity index (χ4n) is 1.85. The topological polar surface area (TPSA) is 132 Å². The number of primary sulfonamides is 1. The van der Waals surface area contributed by atoms with Gasteiger partial charge in [0.1, 0.15) is 0 Å². The Morgan fingerprint density at radius 3 is 2.13 bits per heavy atom.